The smallest absolute Gasteiger partial charge is 0.261 e. The lowest BCUT2D eigenvalue weighted by Gasteiger charge is -2.15. The van der Waals surface area contributed by atoms with Crippen LogP contribution in [0.3, 0.4) is 0 Å². The minimum atomic E-state index is -0.0706. The van der Waals surface area contributed by atoms with Crippen LogP contribution < -0.4 is 10.3 Å². The van der Waals surface area contributed by atoms with Gasteiger partial charge in [0.15, 0.2) is 0 Å². The van der Waals surface area contributed by atoms with Crippen molar-refractivity contribution in [1.29, 1.82) is 0 Å². The van der Waals surface area contributed by atoms with Crippen molar-refractivity contribution in [2.45, 2.75) is 32.4 Å². The number of rotatable bonds is 3. The molecule has 1 atom stereocenters. The van der Waals surface area contributed by atoms with E-state index >= 15 is 0 Å². The Bertz CT molecular complexity index is 916. The quantitative estimate of drug-likeness (QED) is 0.744. The molecule has 4 nitrogen and oxygen atoms in total. The van der Waals surface area contributed by atoms with Crippen LogP contribution in [0.15, 0.2) is 53.3 Å². The van der Waals surface area contributed by atoms with E-state index < -0.39 is 0 Å². The number of fused-ring (bicyclic) bond motifs is 2. The Kier molecular flexibility index (Phi) is 3.37. The highest BCUT2D eigenvalue weighted by atomic mass is 16.5. The topological polar surface area (TPSA) is 44.1 Å². The van der Waals surface area contributed by atoms with Crippen LogP contribution in [0.4, 0.5) is 0 Å². The molecule has 4 heteroatoms. The van der Waals surface area contributed by atoms with Gasteiger partial charge in [-0.1, -0.05) is 30.3 Å². The summed E-state index contributed by atoms with van der Waals surface area (Å²) in [5.74, 6) is 1.60. The maximum Gasteiger partial charge on any atom is 0.261 e. The summed E-state index contributed by atoms with van der Waals surface area (Å²) in [4.78, 5) is 17.2. The maximum atomic E-state index is 12.6. The molecule has 0 N–H and O–H groups in total. The number of benzene rings is 2. The van der Waals surface area contributed by atoms with Crippen LogP contribution in [0.1, 0.15) is 30.8 Å². The van der Waals surface area contributed by atoms with Gasteiger partial charge in [0.2, 0.25) is 0 Å². The van der Waals surface area contributed by atoms with E-state index in [0.29, 0.717) is 11.1 Å². The lowest BCUT2D eigenvalue weighted by atomic mass is 10.1. The van der Waals surface area contributed by atoms with Gasteiger partial charge in [-0.2, -0.15) is 0 Å². The number of aromatic nitrogens is 2. The zero-order valence-electron chi connectivity index (χ0n) is 13.0. The van der Waals surface area contributed by atoms with Crippen molar-refractivity contribution in [2.75, 3.05) is 0 Å². The van der Waals surface area contributed by atoms with Crippen molar-refractivity contribution >= 4 is 10.9 Å². The molecule has 116 valence electrons. The number of ether oxygens (including phenoxy) is 1. The zero-order valence-corrected chi connectivity index (χ0v) is 13.0. The summed E-state index contributed by atoms with van der Waals surface area (Å²) in [6, 6.07) is 15.6. The van der Waals surface area contributed by atoms with Crippen molar-refractivity contribution in [2.24, 2.45) is 0 Å². The van der Waals surface area contributed by atoms with E-state index in [0.717, 1.165) is 36.3 Å². The molecule has 1 aromatic heterocycles. The third-order valence-corrected chi connectivity index (χ3v) is 4.37. The fourth-order valence-electron chi connectivity index (χ4n) is 3.13. The molecule has 0 radical (unpaired) electrons. The van der Waals surface area contributed by atoms with Gasteiger partial charge in [-0.25, -0.2) is 4.98 Å². The van der Waals surface area contributed by atoms with Crippen molar-refractivity contribution in [3.05, 3.63) is 70.3 Å². The minimum Gasteiger partial charge on any atom is -0.486 e. The van der Waals surface area contributed by atoms with Crippen molar-refractivity contribution in [3.8, 4) is 5.75 Å². The average Bonchev–Trinajstić information content (AvgIpc) is 3.05. The monoisotopic (exact) mass is 306 g/mol. The predicted molar refractivity (Wildman–Crippen MR) is 89.8 cm³/mol. The second kappa shape index (κ2) is 5.54. The van der Waals surface area contributed by atoms with Crippen LogP contribution in [0.25, 0.3) is 10.9 Å². The third-order valence-electron chi connectivity index (χ3n) is 4.37. The molecule has 2 heterocycles. The average molecular weight is 306 g/mol. The summed E-state index contributed by atoms with van der Waals surface area (Å²) >= 11 is 0. The van der Waals surface area contributed by atoms with Crippen LogP contribution in [-0.4, -0.2) is 9.55 Å². The van der Waals surface area contributed by atoms with E-state index in [1.807, 2.05) is 55.5 Å². The highest BCUT2D eigenvalue weighted by Gasteiger charge is 2.16. The molecule has 0 saturated carbocycles. The first-order valence-corrected chi connectivity index (χ1v) is 7.97. The first kappa shape index (κ1) is 14.0. The number of hydrogen-bond donors (Lipinski definition) is 0. The predicted octanol–water partition coefficient (Wildman–Crippen LogP) is 3.48. The fraction of sp³-hybridized carbons (Fsp3) is 0.263. The van der Waals surface area contributed by atoms with Gasteiger partial charge < -0.3 is 4.74 Å². The molecular weight excluding hydrogens is 288 g/mol. The summed E-state index contributed by atoms with van der Waals surface area (Å²) in [5, 5.41) is 0.633. The van der Waals surface area contributed by atoms with Crippen LogP contribution in [-0.2, 0) is 13.0 Å². The van der Waals surface area contributed by atoms with Crippen LogP contribution >= 0.6 is 0 Å². The van der Waals surface area contributed by atoms with E-state index in [9.17, 15) is 4.79 Å². The maximum absolute atomic E-state index is 12.6. The summed E-state index contributed by atoms with van der Waals surface area (Å²) in [7, 11) is 0. The molecule has 2 aromatic carbocycles. The second-order valence-corrected chi connectivity index (χ2v) is 5.94. The molecule has 3 aromatic rings. The van der Waals surface area contributed by atoms with E-state index in [1.54, 1.807) is 4.57 Å². The molecule has 1 aliphatic rings. The molecule has 0 fully saturated rings. The third kappa shape index (κ3) is 2.50. The van der Waals surface area contributed by atoms with Gasteiger partial charge in [0.1, 0.15) is 17.7 Å². The molecule has 4 rings (SSSR count). The Morgan fingerprint density at radius 2 is 2.00 bits per heavy atom. The summed E-state index contributed by atoms with van der Waals surface area (Å²) in [6.45, 7) is 2.77. The molecule has 1 aliphatic heterocycles. The second-order valence-electron chi connectivity index (χ2n) is 5.94. The molecule has 0 amide bonds. The molecule has 0 bridgehead atoms. The number of nitrogens with zero attached hydrogens (tertiary/aromatic N) is 2. The van der Waals surface area contributed by atoms with Gasteiger partial charge >= 0.3 is 0 Å². The van der Waals surface area contributed by atoms with E-state index in [4.69, 9.17) is 4.74 Å². The summed E-state index contributed by atoms with van der Waals surface area (Å²) in [6.07, 6.45) is 1.81. The Balaban J connectivity index is 1.71. The first-order chi connectivity index (χ1) is 11.2. The lowest BCUT2D eigenvalue weighted by molar-refractivity contribution is 0.227. The Morgan fingerprint density at radius 1 is 1.17 bits per heavy atom. The molecule has 0 aliphatic carbocycles. The van der Waals surface area contributed by atoms with Crippen molar-refractivity contribution < 1.29 is 4.74 Å². The Labute approximate surface area is 134 Å². The minimum absolute atomic E-state index is 0.0420. The van der Waals surface area contributed by atoms with Gasteiger partial charge in [-0.15, -0.1) is 0 Å². The van der Waals surface area contributed by atoms with E-state index in [-0.39, 0.29) is 11.7 Å². The normalized spacial score (nSPS) is 14.7. The Morgan fingerprint density at radius 3 is 2.83 bits per heavy atom. The van der Waals surface area contributed by atoms with E-state index in [2.05, 4.69) is 4.98 Å². The van der Waals surface area contributed by atoms with Crippen molar-refractivity contribution in [1.82, 2.24) is 9.55 Å². The van der Waals surface area contributed by atoms with Gasteiger partial charge in [-0.3, -0.25) is 9.36 Å². The Hall–Kier alpha value is -2.62. The lowest BCUT2D eigenvalue weighted by Crippen LogP contribution is -2.20. The fourth-order valence-corrected chi connectivity index (χ4v) is 3.13. The van der Waals surface area contributed by atoms with Gasteiger partial charge in [0.05, 0.1) is 10.9 Å². The number of hydrogen-bond acceptors (Lipinski definition) is 3. The number of aryl methyl sites for hydroxylation is 1. The van der Waals surface area contributed by atoms with Crippen LogP contribution in [0, 0.1) is 0 Å². The SMILES string of the molecule is CC(Oc1ccc2nc3n(c(=O)c2c1)CCC3)c1ccccc1. The van der Waals surface area contributed by atoms with Gasteiger partial charge in [0, 0.05) is 13.0 Å². The van der Waals surface area contributed by atoms with Gasteiger partial charge in [0.25, 0.3) is 5.56 Å². The largest absolute Gasteiger partial charge is 0.486 e. The van der Waals surface area contributed by atoms with E-state index in [1.165, 1.54) is 0 Å². The zero-order chi connectivity index (χ0) is 15.8. The van der Waals surface area contributed by atoms with Gasteiger partial charge in [-0.05, 0) is 37.1 Å². The summed E-state index contributed by atoms with van der Waals surface area (Å²) in [5.41, 5.74) is 1.90. The molecule has 1 unspecified atom stereocenters. The molecular formula is C19H18N2O2. The van der Waals surface area contributed by atoms with Crippen molar-refractivity contribution in [3.63, 3.8) is 0 Å². The molecule has 0 spiro atoms. The highest BCUT2D eigenvalue weighted by Crippen LogP contribution is 2.24. The van der Waals surface area contributed by atoms with Crippen LogP contribution in [0.2, 0.25) is 0 Å². The molecule has 23 heavy (non-hydrogen) atoms. The highest BCUT2D eigenvalue weighted by molar-refractivity contribution is 5.79. The summed E-state index contributed by atoms with van der Waals surface area (Å²) < 4.78 is 7.79. The van der Waals surface area contributed by atoms with Crippen LogP contribution in [0.5, 0.6) is 5.75 Å². The standard InChI is InChI=1S/C19H18N2O2/c1-13(14-6-3-2-4-7-14)23-15-9-10-17-16(12-15)19(22)21-11-5-8-18(21)20-17/h2-4,6-7,9-10,12-13H,5,8,11H2,1H3. The first-order valence-electron chi connectivity index (χ1n) is 7.97. The molecule has 0 saturated heterocycles.